The molecule has 0 bridgehead atoms. The van der Waals surface area contributed by atoms with Crippen LogP contribution >= 0.6 is 0 Å². The van der Waals surface area contributed by atoms with E-state index in [-0.39, 0.29) is 17.5 Å². The van der Waals surface area contributed by atoms with E-state index in [1.807, 2.05) is 13.0 Å². The molecular formula is C19H34N4O2S. The molecule has 148 valence electrons. The molecule has 0 fully saturated rings. The van der Waals surface area contributed by atoms with Crippen molar-refractivity contribution >= 4 is 15.8 Å². The molecule has 1 rings (SSSR count). The van der Waals surface area contributed by atoms with Crippen LogP contribution in [0.25, 0.3) is 0 Å². The molecular weight excluding hydrogens is 348 g/mol. The first-order valence-electron chi connectivity index (χ1n) is 9.48. The third-order valence-electron chi connectivity index (χ3n) is 4.35. The van der Waals surface area contributed by atoms with Crippen molar-refractivity contribution in [2.75, 3.05) is 44.2 Å². The highest BCUT2D eigenvalue weighted by atomic mass is 32.2. The van der Waals surface area contributed by atoms with Crippen molar-refractivity contribution in [1.82, 2.24) is 15.5 Å². The van der Waals surface area contributed by atoms with E-state index in [1.54, 1.807) is 6.92 Å². The molecule has 0 aliphatic carbocycles. The maximum atomic E-state index is 11.6. The Hall–Kier alpha value is -1.60. The van der Waals surface area contributed by atoms with Gasteiger partial charge >= 0.3 is 0 Å². The molecule has 1 aromatic carbocycles. The number of likely N-dealkylation sites (N-methyl/N-ethyl adjacent to an activating group) is 1. The Morgan fingerprint density at radius 2 is 1.73 bits per heavy atom. The summed E-state index contributed by atoms with van der Waals surface area (Å²) in [6, 6.07) is 10.6. The standard InChI is InChI=1S/C19H34N4O2S/c1-5-20-19(21-14-15-26(24,25)8-4)22-16-18(23(6-2)7-3)17-12-10-9-11-13-17/h9-13,18H,5-8,14-16H2,1-4H3,(H2,20,21,22). The Bertz CT molecular complexity index is 628. The summed E-state index contributed by atoms with van der Waals surface area (Å²) in [4.78, 5) is 7.09. The highest BCUT2D eigenvalue weighted by Crippen LogP contribution is 2.20. The highest BCUT2D eigenvalue weighted by molar-refractivity contribution is 7.91. The van der Waals surface area contributed by atoms with Crippen molar-refractivity contribution in [1.29, 1.82) is 0 Å². The van der Waals surface area contributed by atoms with Crippen molar-refractivity contribution in [3.8, 4) is 0 Å². The zero-order valence-electron chi connectivity index (χ0n) is 16.5. The Morgan fingerprint density at radius 1 is 1.08 bits per heavy atom. The quantitative estimate of drug-likeness (QED) is 0.453. The van der Waals surface area contributed by atoms with Crippen LogP contribution in [0.3, 0.4) is 0 Å². The maximum absolute atomic E-state index is 11.6. The van der Waals surface area contributed by atoms with E-state index in [0.717, 1.165) is 19.6 Å². The molecule has 0 aromatic heterocycles. The molecule has 1 atom stereocenters. The van der Waals surface area contributed by atoms with Gasteiger partial charge in [-0.3, -0.25) is 9.89 Å². The molecule has 26 heavy (non-hydrogen) atoms. The smallest absolute Gasteiger partial charge is 0.191 e. The van der Waals surface area contributed by atoms with Gasteiger partial charge in [0.25, 0.3) is 0 Å². The number of aliphatic imine (C=N–C) groups is 1. The van der Waals surface area contributed by atoms with Crippen LogP contribution in [0.1, 0.15) is 39.3 Å². The third kappa shape index (κ3) is 7.74. The zero-order valence-corrected chi connectivity index (χ0v) is 17.3. The summed E-state index contributed by atoms with van der Waals surface area (Å²) in [7, 11) is -2.98. The second-order valence-electron chi connectivity index (χ2n) is 6.03. The summed E-state index contributed by atoms with van der Waals surface area (Å²) in [5, 5.41) is 6.33. The zero-order chi connectivity index (χ0) is 19.4. The van der Waals surface area contributed by atoms with Gasteiger partial charge in [0, 0.05) is 18.8 Å². The Balaban J connectivity index is 2.84. The molecule has 7 heteroatoms. The molecule has 0 amide bonds. The lowest BCUT2D eigenvalue weighted by atomic mass is 10.1. The molecule has 0 aliphatic heterocycles. The van der Waals surface area contributed by atoms with E-state index in [9.17, 15) is 8.42 Å². The number of rotatable bonds is 11. The van der Waals surface area contributed by atoms with Crippen molar-refractivity contribution < 1.29 is 8.42 Å². The monoisotopic (exact) mass is 382 g/mol. The van der Waals surface area contributed by atoms with E-state index < -0.39 is 9.84 Å². The molecule has 0 spiro atoms. The molecule has 0 saturated heterocycles. The van der Waals surface area contributed by atoms with Crippen molar-refractivity contribution in [2.24, 2.45) is 4.99 Å². The fourth-order valence-corrected chi connectivity index (χ4v) is 3.46. The molecule has 6 nitrogen and oxygen atoms in total. The minimum atomic E-state index is -2.98. The van der Waals surface area contributed by atoms with Crippen LogP contribution in [0.2, 0.25) is 0 Å². The summed E-state index contributed by atoms with van der Waals surface area (Å²) in [5.74, 6) is 0.943. The van der Waals surface area contributed by atoms with Gasteiger partial charge in [-0.15, -0.1) is 0 Å². The van der Waals surface area contributed by atoms with Crippen LogP contribution in [-0.4, -0.2) is 63.5 Å². The normalized spacial score (nSPS) is 13.7. The molecule has 0 heterocycles. The Morgan fingerprint density at radius 3 is 2.27 bits per heavy atom. The number of nitrogens with zero attached hydrogens (tertiary/aromatic N) is 2. The van der Waals surface area contributed by atoms with Gasteiger partial charge in [0.2, 0.25) is 0 Å². The van der Waals surface area contributed by atoms with Crippen LogP contribution in [0.15, 0.2) is 35.3 Å². The molecule has 0 aliphatic rings. The van der Waals surface area contributed by atoms with Gasteiger partial charge in [0.1, 0.15) is 0 Å². The summed E-state index contributed by atoms with van der Waals surface area (Å²) in [6.07, 6.45) is 0. The van der Waals surface area contributed by atoms with Crippen molar-refractivity contribution in [3.05, 3.63) is 35.9 Å². The number of hydrogen-bond donors (Lipinski definition) is 2. The largest absolute Gasteiger partial charge is 0.357 e. The molecule has 2 N–H and O–H groups in total. The fourth-order valence-electron chi connectivity index (χ4n) is 2.76. The second-order valence-corrected chi connectivity index (χ2v) is 8.50. The van der Waals surface area contributed by atoms with E-state index in [1.165, 1.54) is 5.56 Å². The first-order valence-corrected chi connectivity index (χ1v) is 11.3. The number of hydrogen-bond acceptors (Lipinski definition) is 4. The number of sulfone groups is 1. The molecule has 1 aromatic rings. The van der Waals surface area contributed by atoms with Crippen molar-refractivity contribution in [3.63, 3.8) is 0 Å². The molecule has 0 radical (unpaired) electrons. The Kier molecular flexibility index (Phi) is 10.3. The number of benzene rings is 1. The minimum Gasteiger partial charge on any atom is -0.357 e. The van der Waals surface area contributed by atoms with Gasteiger partial charge in [-0.1, -0.05) is 51.1 Å². The topological polar surface area (TPSA) is 73.8 Å². The Labute approximate surface area is 159 Å². The lowest BCUT2D eigenvalue weighted by Crippen LogP contribution is -2.40. The second kappa shape index (κ2) is 11.9. The maximum Gasteiger partial charge on any atom is 0.191 e. The summed E-state index contributed by atoms with van der Waals surface area (Å²) in [6.45, 7) is 11.6. The number of nitrogens with one attached hydrogen (secondary N) is 2. The van der Waals surface area contributed by atoms with Gasteiger partial charge in [0.05, 0.1) is 18.3 Å². The third-order valence-corrected chi connectivity index (χ3v) is 6.06. The average molecular weight is 383 g/mol. The average Bonchev–Trinajstić information content (AvgIpc) is 2.65. The van der Waals surface area contributed by atoms with Crippen LogP contribution in [0.4, 0.5) is 0 Å². The van der Waals surface area contributed by atoms with E-state index in [4.69, 9.17) is 4.99 Å². The predicted molar refractivity (Wildman–Crippen MR) is 110 cm³/mol. The molecule has 1 unspecified atom stereocenters. The van der Waals surface area contributed by atoms with E-state index in [0.29, 0.717) is 19.0 Å². The first kappa shape index (κ1) is 22.4. The summed E-state index contributed by atoms with van der Waals surface area (Å²) < 4.78 is 23.3. The minimum absolute atomic E-state index is 0.117. The van der Waals surface area contributed by atoms with Crippen LogP contribution in [0.5, 0.6) is 0 Å². The molecule has 0 saturated carbocycles. The highest BCUT2D eigenvalue weighted by Gasteiger charge is 2.17. The van der Waals surface area contributed by atoms with Gasteiger partial charge in [-0.05, 0) is 25.6 Å². The van der Waals surface area contributed by atoms with Gasteiger partial charge in [-0.25, -0.2) is 8.42 Å². The van der Waals surface area contributed by atoms with E-state index in [2.05, 4.69) is 53.6 Å². The SMILES string of the molecule is CCNC(=NCC(c1ccccc1)N(CC)CC)NCCS(=O)(=O)CC. The summed E-state index contributed by atoms with van der Waals surface area (Å²) >= 11 is 0. The van der Waals surface area contributed by atoms with Crippen molar-refractivity contribution in [2.45, 2.75) is 33.7 Å². The van der Waals surface area contributed by atoms with Crippen LogP contribution in [-0.2, 0) is 9.84 Å². The van der Waals surface area contributed by atoms with E-state index >= 15 is 0 Å². The predicted octanol–water partition coefficient (Wildman–Crippen LogP) is 2.06. The van der Waals surface area contributed by atoms with Gasteiger partial charge < -0.3 is 10.6 Å². The summed E-state index contributed by atoms with van der Waals surface area (Å²) in [5.41, 5.74) is 1.24. The van der Waals surface area contributed by atoms with Gasteiger partial charge in [0.15, 0.2) is 15.8 Å². The lowest BCUT2D eigenvalue weighted by Gasteiger charge is -2.29. The fraction of sp³-hybridized carbons (Fsp3) is 0.632. The van der Waals surface area contributed by atoms with Gasteiger partial charge in [-0.2, -0.15) is 0 Å². The van der Waals surface area contributed by atoms with Crippen LogP contribution in [0, 0.1) is 0 Å². The first-order chi connectivity index (χ1) is 12.5. The lowest BCUT2D eigenvalue weighted by molar-refractivity contribution is 0.224. The van der Waals surface area contributed by atoms with Crippen LogP contribution < -0.4 is 10.6 Å². The number of guanidine groups is 1.